The normalized spacial score (nSPS) is 23.4. The molecule has 1 aliphatic heterocycles. The van der Waals surface area contributed by atoms with E-state index in [9.17, 15) is 0 Å². The van der Waals surface area contributed by atoms with E-state index in [1.165, 1.54) is 38.9 Å². The molecule has 14 heavy (non-hydrogen) atoms. The molecule has 2 atom stereocenters. The van der Waals surface area contributed by atoms with E-state index in [2.05, 4.69) is 31.4 Å². The van der Waals surface area contributed by atoms with Gasteiger partial charge in [0.15, 0.2) is 0 Å². The Balaban J connectivity index is 2.12. The Morgan fingerprint density at radius 1 is 1.29 bits per heavy atom. The molecule has 0 radical (unpaired) electrons. The SMILES string of the molecule is CCC(C)C(C)NCC1CCNCC1. The van der Waals surface area contributed by atoms with Crippen molar-refractivity contribution in [3.8, 4) is 0 Å². The summed E-state index contributed by atoms with van der Waals surface area (Å²) in [6.45, 7) is 10.6. The van der Waals surface area contributed by atoms with Crippen molar-refractivity contribution in [3.05, 3.63) is 0 Å². The lowest BCUT2D eigenvalue weighted by Crippen LogP contribution is -2.39. The summed E-state index contributed by atoms with van der Waals surface area (Å²) in [7, 11) is 0. The van der Waals surface area contributed by atoms with E-state index in [0.717, 1.165) is 11.8 Å². The average Bonchev–Trinajstić information content (AvgIpc) is 2.26. The molecule has 0 amide bonds. The van der Waals surface area contributed by atoms with Gasteiger partial charge in [-0.2, -0.15) is 0 Å². The molecule has 2 N–H and O–H groups in total. The second-order valence-electron chi connectivity index (χ2n) is 4.78. The van der Waals surface area contributed by atoms with Crippen LogP contribution in [0.4, 0.5) is 0 Å². The van der Waals surface area contributed by atoms with Crippen LogP contribution >= 0.6 is 0 Å². The molecular weight excluding hydrogens is 172 g/mol. The van der Waals surface area contributed by atoms with E-state index in [-0.39, 0.29) is 0 Å². The van der Waals surface area contributed by atoms with Crippen molar-refractivity contribution in [2.45, 2.75) is 46.1 Å². The van der Waals surface area contributed by atoms with Crippen molar-refractivity contribution >= 4 is 0 Å². The average molecular weight is 198 g/mol. The van der Waals surface area contributed by atoms with E-state index >= 15 is 0 Å². The van der Waals surface area contributed by atoms with Gasteiger partial charge in [-0.3, -0.25) is 0 Å². The first kappa shape index (κ1) is 12.0. The second-order valence-corrected chi connectivity index (χ2v) is 4.78. The van der Waals surface area contributed by atoms with Gasteiger partial charge in [0.1, 0.15) is 0 Å². The van der Waals surface area contributed by atoms with Gasteiger partial charge in [-0.05, 0) is 51.2 Å². The Morgan fingerprint density at radius 2 is 1.93 bits per heavy atom. The van der Waals surface area contributed by atoms with Crippen molar-refractivity contribution in [1.82, 2.24) is 10.6 Å². The summed E-state index contributed by atoms with van der Waals surface area (Å²) >= 11 is 0. The van der Waals surface area contributed by atoms with Crippen LogP contribution < -0.4 is 10.6 Å². The Hall–Kier alpha value is -0.0800. The molecule has 0 aliphatic carbocycles. The predicted octanol–water partition coefficient (Wildman–Crippen LogP) is 2.01. The fourth-order valence-corrected chi connectivity index (χ4v) is 1.99. The molecule has 0 spiro atoms. The van der Waals surface area contributed by atoms with E-state index in [0.29, 0.717) is 6.04 Å². The maximum atomic E-state index is 3.68. The Kier molecular flexibility index (Phi) is 5.49. The lowest BCUT2D eigenvalue weighted by atomic mass is 9.96. The Bertz CT molecular complexity index is 139. The quantitative estimate of drug-likeness (QED) is 0.706. The summed E-state index contributed by atoms with van der Waals surface area (Å²) in [6, 6.07) is 0.676. The zero-order valence-electron chi connectivity index (χ0n) is 9.97. The van der Waals surface area contributed by atoms with Crippen molar-refractivity contribution in [2.75, 3.05) is 19.6 Å². The third-order valence-electron chi connectivity index (χ3n) is 3.68. The zero-order chi connectivity index (χ0) is 10.4. The summed E-state index contributed by atoms with van der Waals surface area (Å²) in [5, 5.41) is 7.08. The summed E-state index contributed by atoms with van der Waals surface area (Å²) < 4.78 is 0. The number of rotatable bonds is 5. The minimum atomic E-state index is 0.676. The maximum absolute atomic E-state index is 3.68. The zero-order valence-corrected chi connectivity index (χ0v) is 9.97. The summed E-state index contributed by atoms with van der Waals surface area (Å²) in [5.41, 5.74) is 0. The van der Waals surface area contributed by atoms with Gasteiger partial charge in [-0.15, -0.1) is 0 Å². The molecular formula is C12H26N2. The molecule has 0 bridgehead atoms. The summed E-state index contributed by atoms with van der Waals surface area (Å²) in [4.78, 5) is 0. The largest absolute Gasteiger partial charge is 0.317 e. The maximum Gasteiger partial charge on any atom is 0.00643 e. The van der Waals surface area contributed by atoms with Gasteiger partial charge >= 0.3 is 0 Å². The van der Waals surface area contributed by atoms with Gasteiger partial charge in [0.2, 0.25) is 0 Å². The summed E-state index contributed by atoms with van der Waals surface area (Å²) in [5.74, 6) is 1.71. The molecule has 0 aromatic heterocycles. The lowest BCUT2D eigenvalue weighted by Gasteiger charge is -2.26. The standard InChI is InChI=1S/C12H26N2/c1-4-10(2)11(3)14-9-12-5-7-13-8-6-12/h10-14H,4-9H2,1-3H3. The molecule has 0 aromatic rings. The molecule has 1 saturated heterocycles. The third-order valence-corrected chi connectivity index (χ3v) is 3.68. The molecule has 1 rings (SSSR count). The number of nitrogens with one attached hydrogen (secondary N) is 2. The number of hydrogen-bond acceptors (Lipinski definition) is 2. The van der Waals surface area contributed by atoms with Crippen LogP contribution in [-0.2, 0) is 0 Å². The monoisotopic (exact) mass is 198 g/mol. The van der Waals surface area contributed by atoms with Crippen molar-refractivity contribution in [2.24, 2.45) is 11.8 Å². The fourth-order valence-electron chi connectivity index (χ4n) is 1.99. The van der Waals surface area contributed by atoms with Crippen molar-refractivity contribution < 1.29 is 0 Å². The first-order chi connectivity index (χ1) is 6.74. The van der Waals surface area contributed by atoms with Crippen LogP contribution in [0.2, 0.25) is 0 Å². The molecule has 1 aliphatic rings. The predicted molar refractivity (Wildman–Crippen MR) is 62.5 cm³/mol. The second kappa shape index (κ2) is 6.41. The number of piperidine rings is 1. The van der Waals surface area contributed by atoms with Crippen molar-refractivity contribution in [3.63, 3.8) is 0 Å². The first-order valence-corrected chi connectivity index (χ1v) is 6.18. The van der Waals surface area contributed by atoms with Gasteiger partial charge in [0.05, 0.1) is 0 Å². The van der Waals surface area contributed by atoms with Crippen LogP contribution in [0.25, 0.3) is 0 Å². The van der Waals surface area contributed by atoms with E-state index in [1.54, 1.807) is 0 Å². The molecule has 84 valence electrons. The van der Waals surface area contributed by atoms with Gasteiger partial charge in [-0.1, -0.05) is 20.3 Å². The molecule has 0 saturated carbocycles. The fraction of sp³-hybridized carbons (Fsp3) is 1.00. The van der Waals surface area contributed by atoms with Crippen LogP contribution in [0.15, 0.2) is 0 Å². The van der Waals surface area contributed by atoms with E-state index in [1.807, 2.05) is 0 Å². The highest BCUT2D eigenvalue weighted by molar-refractivity contribution is 4.74. The van der Waals surface area contributed by atoms with Crippen molar-refractivity contribution in [1.29, 1.82) is 0 Å². The van der Waals surface area contributed by atoms with E-state index < -0.39 is 0 Å². The van der Waals surface area contributed by atoms with E-state index in [4.69, 9.17) is 0 Å². The highest BCUT2D eigenvalue weighted by Gasteiger charge is 2.15. The van der Waals surface area contributed by atoms with Crippen LogP contribution in [0.5, 0.6) is 0 Å². The summed E-state index contributed by atoms with van der Waals surface area (Å²) in [6.07, 6.45) is 3.97. The first-order valence-electron chi connectivity index (χ1n) is 6.18. The Morgan fingerprint density at radius 3 is 2.50 bits per heavy atom. The van der Waals surface area contributed by atoms with Crippen LogP contribution in [0.3, 0.4) is 0 Å². The smallest absolute Gasteiger partial charge is 0.00643 e. The number of hydrogen-bond donors (Lipinski definition) is 2. The van der Waals surface area contributed by atoms with Gasteiger partial charge < -0.3 is 10.6 Å². The minimum Gasteiger partial charge on any atom is -0.317 e. The third kappa shape index (κ3) is 3.97. The highest BCUT2D eigenvalue weighted by Crippen LogP contribution is 2.12. The molecule has 2 unspecified atom stereocenters. The topological polar surface area (TPSA) is 24.1 Å². The Labute approximate surface area is 88.8 Å². The van der Waals surface area contributed by atoms with Crippen LogP contribution in [0, 0.1) is 11.8 Å². The molecule has 2 nitrogen and oxygen atoms in total. The molecule has 1 fully saturated rings. The van der Waals surface area contributed by atoms with Gasteiger partial charge in [0, 0.05) is 6.04 Å². The minimum absolute atomic E-state index is 0.676. The van der Waals surface area contributed by atoms with Gasteiger partial charge in [-0.25, -0.2) is 0 Å². The van der Waals surface area contributed by atoms with Gasteiger partial charge in [0.25, 0.3) is 0 Å². The molecule has 0 aromatic carbocycles. The lowest BCUT2D eigenvalue weighted by molar-refractivity contribution is 0.313. The molecule has 1 heterocycles. The van der Waals surface area contributed by atoms with Crippen LogP contribution in [-0.4, -0.2) is 25.7 Å². The molecule has 2 heteroatoms. The highest BCUT2D eigenvalue weighted by atomic mass is 14.9. The van der Waals surface area contributed by atoms with Crippen LogP contribution in [0.1, 0.15) is 40.0 Å².